The fourth-order valence-electron chi connectivity index (χ4n) is 4.88. The van der Waals surface area contributed by atoms with Crippen molar-refractivity contribution in [3.63, 3.8) is 0 Å². The molecule has 6 heteroatoms. The maximum atomic E-state index is 13.5. The normalized spacial score (nSPS) is 29.8. The van der Waals surface area contributed by atoms with Crippen molar-refractivity contribution in [2.75, 3.05) is 25.0 Å². The van der Waals surface area contributed by atoms with Crippen LogP contribution in [-0.4, -0.2) is 42.5 Å². The molecule has 1 N–H and O–H groups in total. The van der Waals surface area contributed by atoms with Crippen molar-refractivity contribution in [1.82, 2.24) is 4.90 Å². The molecule has 2 fully saturated rings. The molecule has 0 unspecified atom stereocenters. The SMILES string of the molecule is O=C1C[C@@H]2CCN(C3CCC(F)(F)CC3)C[C@@H]2CCOc2ccccc2N1. The van der Waals surface area contributed by atoms with E-state index in [1.165, 1.54) is 0 Å². The maximum absolute atomic E-state index is 13.5. The molecule has 1 saturated heterocycles. The van der Waals surface area contributed by atoms with Crippen LogP contribution in [0.5, 0.6) is 5.75 Å². The summed E-state index contributed by atoms with van der Waals surface area (Å²) in [5.41, 5.74) is 0.738. The minimum Gasteiger partial charge on any atom is -0.491 e. The Kier molecular flexibility index (Phi) is 5.35. The Labute approximate surface area is 159 Å². The van der Waals surface area contributed by atoms with Gasteiger partial charge in [0.1, 0.15) is 5.75 Å². The number of carbonyl (C=O) groups excluding carboxylic acids is 1. The number of piperidine rings is 1. The van der Waals surface area contributed by atoms with Crippen molar-refractivity contribution >= 4 is 11.6 Å². The molecule has 4 nitrogen and oxygen atoms in total. The van der Waals surface area contributed by atoms with Gasteiger partial charge in [-0.05, 0) is 56.2 Å². The van der Waals surface area contributed by atoms with Gasteiger partial charge in [0.2, 0.25) is 11.8 Å². The Morgan fingerprint density at radius 2 is 1.85 bits per heavy atom. The number of nitrogens with one attached hydrogen (secondary N) is 1. The van der Waals surface area contributed by atoms with E-state index in [0.717, 1.165) is 31.6 Å². The van der Waals surface area contributed by atoms with Gasteiger partial charge in [-0.25, -0.2) is 8.78 Å². The first kappa shape index (κ1) is 18.7. The van der Waals surface area contributed by atoms with E-state index in [1.807, 2.05) is 24.3 Å². The Morgan fingerprint density at radius 3 is 2.67 bits per heavy atom. The van der Waals surface area contributed by atoms with Gasteiger partial charge in [-0.1, -0.05) is 12.1 Å². The molecular formula is C21H28F2N2O2. The molecule has 1 saturated carbocycles. The third-order valence-electron chi connectivity index (χ3n) is 6.48. The third kappa shape index (κ3) is 4.42. The van der Waals surface area contributed by atoms with Gasteiger partial charge in [0.05, 0.1) is 12.3 Å². The highest BCUT2D eigenvalue weighted by atomic mass is 19.3. The van der Waals surface area contributed by atoms with Gasteiger partial charge in [0.25, 0.3) is 0 Å². The van der Waals surface area contributed by atoms with Gasteiger partial charge in [-0.2, -0.15) is 0 Å². The van der Waals surface area contributed by atoms with Crippen LogP contribution in [0.1, 0.15) is 44.9 Å². The molecule has 0 radical (unpaired) electrons. The molecule has 1 aliphatic carbocycles. The minimum absolute atomic E-state index is 0.00453. The van der Waals surface area contributed by atoms with Crippen molar-refractivity contribution in [1.29, 1.82) is 0 Å². The molecule has 2 heterocycles. The molecule has 2 atom stereocenters. The second-order valence-corrected chi connectivity index (χ2v) is 8.28. The summed E-state index contributed by atoms with van der Waals surface area (Å²) in [6, 6.07) is 7.80. The summed E-state index contributed by atoms with van der Waals surface area (Å²) in [6.45, 7) is 2.41. The van der Waals surface area contributed by atoms with Crippen LogP contribution in [0.25, 0.3) is 0 Å². The van der Waals surface area contributed by atoms with Crippen molar-refractivity contribution < 1.29 is 18.3 Å². The number of likely N-dealkylation sites (tertiary alicyclic amines) is 1. The lowest BCUT2D eigenvalue weighted by molar-refractivity contribution is -0.118. The molecule has 4 rings (SSSR count). The van der Waals surface area contributed by atoms with Crippen molar-refractivity contribution in [3.8, 4) is 5.75 Å². The average Bonchev–Trinajstić information content (AvgIpc) is 2.64. The smallest absolute Gasteiger partial charge is 0.248 e. The summed E-state index contributed by atoms with van der Waals surface area (Å²) in [7, 11) is 0. The summed E-state index contributed by atoms with van der Waals surface area (Å²) in [5, 5.41) is 2.99. The summed E-state index contributed by atoms with van der Waals surface area (Å²) in [4.78, 5) is 14.9. The Hall–Kier alpha value is -1.69. The number of carbonyl (C=O) groups is 1. The van der Waals surface area contributed by atoms with Gasteiger partial charge >= 0.3 is 0 Å². The van der Waals surface area contributed by atoms with Gasteiger partial charge in [-0.3, -0.25) is 4.79 Å². The molecule has 1 aromatic carbocycles. The number of alkyl halides is 2. The zero-order chi connectivity index (χ0) is 18.9. The number of amides is 1. The number of para-hydroxylation sites is 2. The molecular weight excluding hydrogens is 350 g/mol. The maximum Gasteiger partial charge on any atom is 0.248 e. The van der Waals surface area contributed by atoms with E-state index in [-0.39, 0.29) is 24.8 Å². The molecule has 148 valence electrons. The Morgan fingerprint density at radius 1 is 1.07 bits per heavy atom. The van der Waals surface area contributed by atoms with Gasteiger partial charge in [-0.15, -0.1) is 0 Å². The molecule has 1 amide bonds. The molecule has 0 aromatic heterocycles. The van der Waals surface area contributed by atoms with E-state index in [9.17, 15) is 13.6 Å². The van der Waals surface area contributed by atoms with E-state index in [1.54, 1.807) is 0 Å². The number of benzene rings is 1. The monoisotopic (exact) mass is 378 g/mol. The number of anilines is 1. The Bertz CT molecular complexity index is 672. The second kappa shape index (κ2) is 7.74. The van der Waals surface area contributed by atoms with Gasteiger partial charge < -0.3 is 15.0 Å². The van der Waals surface area contributed by atoms with Crippen molar-refractivity contribution in [3.05, 3.63) is 24.3 Å². The Balaban J connectivity index is 1.42. The highest BCUT2D eigenvalue weighted by Gasteiger charge is 2.39. The number of ether oxygens (including phenoxy) is 1. The van der Waals surface area contributed by atoms with E-state index in [4.69, 9.17) is 4.74 Å². The minimum atomic E-state index is -2.48. The standard InChI is InChI=1S/C21H28F2N2O2/c22-21(23)9-5-17(6-10-21)25-11-7-15-13-20(26)24-18-3-1-2-4-19(18)27-12-8-16(15)14-25/h1-4,15-17H,5-14H2,(H,24,26)/t15-,16-/m0/s1. The molecule has 1 aromatic rings. The van der Waals surface area contributed by atoms with E-state index >= 15 is 0 Å². The van der Waals surface area contributed by atoms with Crippen LogP contribution in [0.4, 0.5) is 14.5 Å². The van der Waals surface area contributed by atoms with E-state index < -0.39 is 5.92 Å². The van der Waals surface area contributed by atoms with E-state index in [2.05, 4.69) is 10.2 Å². The number of rotatable bonds is 1. The predicted molar refractivity (Wildman–Crippen MR) is 100 cm³/mol. The lowest BCUT2D eigenvalue weighted by atomic mass is 9.79. The number of halogens is 2. The molecule has 3 aliphatic rings. The fraction of sp³-hybridized carbons (Fsp3) is 0.667. The molecule has 0 spiro atoms. The lowest BCUT2D eigenvalue weighted by Crippen LogP contribution is -2.49. The third-order valence-corrected chi connectivity index (χ3v) is 6.48. The topological polar surface area (TPSA) is 41.6 Å². The summed E-state index contributed by atoms with van der Waals surface area (Å²) >= 11 is 0. The van der Waals surface area contributed by atoms with Crippen LogP contribution in [0.2, 0.25) is 0 Å². The lowest BCUT2D eigenvalue weighted by Gasteiger charge is -2.44. The predicted octanol–water partition coefficient (Wildman–Crippen LogP) is 4.31. The highest BCUT2D eigenvalue weighted by molar-refractivity contribution is 5.92. The summed E-state index contributed by atoms with van der Waals surface area (Å²) in [6.07, 6.45) is 3.53. The van der Waals surface area contributed by atoms with Crippen LogP contribution >= 0.6 is 0 Å². The number of hydrogen-bond acceptors (Lipinski definition) is 3. The van der Waals surface area contributed by atoms with E-state index in [0.29, 0.717) is 43.5 Å². The van der Waals surface area contributed by atoms with Crippen LogP contribution in [0.3, 0.4) is 0 Å². The van der Waals surface area contributed by atoms with Crippen molar-refractivity contribution in [2.45, 2.75) is 56.9 Å². The van der Waals surface area contributed by atoms with Gasteiger partial charge in [0.15, 0.2) is 0 Å². The molecule has 2 aliphatic heterocycles. The van der Waals surface area contributed by atoms with Crippen molar-refractivity contribution in [2.24, 2.45) is 11.8 Å². The van der Waals surface area contributed by atoms with Crippen LogP contribution < -0.4 is 10.1 Å². The first-order chi connectivity index (χ1) is 13.0. The zero-order valence-electron chi connectivity index (χ0n) is 15.6. The van der Waals surface area contributed by atoms with Crippen LogP contribution in [-0.2, 0) is 4.79 Å². The first-order valence-corrected chi connectivity index (χ1v) is 10.1. The highest BCUT2D eigenvalue weighted by Crippen LogP contribution is 2.38. The summed E-state index contributed by atoms with van der Waals surface area (Å²) in [5.74, 6) is -1.03. The zero-order valence-corrected chi connectivity index (χ0v) is 15.6. The number of fused-ring (bicyclic) bond motifs is 2. The fourth-order valence-corrected chi connectivity index (χ4v) is 4.88. The largest absolute Gasteiger partial charge is 0.491 e. The molecule has 0 bridgehead atoms. The van der Waals surface area contributed by atoms with Crippen LogP contribution in [0.15, 0.2) is 24.3 Å². The average molecular weight is 378 g/mol. The first-order valence-electron chi connectivity index (χ1n) is 10.1. The summed E-state index contributed by atoms with van der Waals surface area (Å²) < 4.78 is 32.9. The van der Waals surface area contributed by atoms with Crippen LogP contribution in [0, 0.1) is 11.8 Å². The van der Waals surface area contributed by atoms with Gasteiger partial charge in [0, 0.05) is 31.8 Å². The second-order valence-electron chi connectivity index (χ2n) is 8.28. The number of hydrogen-bond donors (Lipinski definition) is 1. The quantitative estimate of drug-likeness (QED) is 0.792. The number of nitrogens with zero attached hydrogens (tertiary/aromatic N) is 1. The molecule has 27 heavy (non-hydrogen) atoms.